The number of aliphatic hydroxyl groups excluding tert-OH is 2. The zero-order valence-corrected chi connectivity index (χ0v) is 44.9. The van der Waals surface area contributed by atoms with Gasteiger partial charge in [0.1, 0.15) is 0 Å². The van der Waals surface area contributed by atoms with Gasteiger partial charge < -0.3 is 20.3 Å². The quantitative estimate of drug-likeness (QED) is 0.0321. The van der Waals surface area contributed by atoms with Crippen LogP contribution in [-0.4, -0.2) is 47.4 Å². The molecule has 0 aromatic rings. The first-order valence-corrected chi connectivity index (χ1v) is 29.8. The SMILES string of the molecule is CCCC/C=C\C/C=C\CCCCCCCC(=O)OCCCCCCCCCCCCCCCCCCCCCCCCC(=O)NC(CO)C(O)/C=C/CCCCCCCCCCCCCC. The van der Waals surface area contributed by atoms with Gasteiger partial charge in [0.15, 0.2) is 0 Å². The lowest BCUT2D eigenvalue weighted by atomic mass is 10.0. The van der Waals surface area contributed by atoms with Crippen LogP contribution in [0, 0.1) is 0 Å². The van der Waals surface area contributed by atoms with Crippen LogP contribution in [0.5, 0.6) is 0 Å². The van der Waals surface area contributed by atoms with Crippen molar-refractivity contribution in [2.45, 2.75) is 328 Å². The maximum Gasteiger partial charge on any atom is 0.305 e. The molecule has 0 aliphatic carbocycles. The number of allylic oxidation sites excluding steroid dienone is 5. The molecule has 0 aromatic heterocycles. The topological polar surface area (TPSA) is 95.9 Å². The van der Waals surface area contributed by atoms with Gasteiger partial charge >= 0.3 is 5.97 Å². The number of rotatable bonds is 55. The fourth-order valence-corrected chi connectivity index (χ4v) is 9.06. The van der Waals surface area contributed by atoms with E-state index < -0.39 is 12.1 Å². The third-order valence-electron chi connectivity index (χ3n) is 13.7. The third kappa shape index (κ3) is 53.3. The smallest absolute Gasteiger partial charge is 0.305 e. The molecule has 0 aliphatic heterocycles. The summed E-state index contributed by atoms with van der Waals surface area (Å²) in [6.07, 6.45) is 70.3. The molecule has 0 aliphatic rings. The Morgan fingerprint density at radius 2 is 0.761 bits per heavy atom. The van der Waals surface area contributed by atoms with Gasteiger partial charge in [-0.15, -0.1) is 0 Å². The molecule has 0 heterocycles. The predicted molar refractivity (Wildman–Crippen MR) is 292 cm³/mol. The molecule has 2 atom stereocenters. The molecular weight excluding hydrogens is 827 g/mol. The summed E-state index contributed by atoms with van der Waals surface area (Å²) in [5.74, 6) is -0.0700. The standard InChI is InChI=1S/C61H115NO5/c1-3-5-7-9-11-13-15-17-29-33-37-41-45-49-53-59(64)58(57-63)62-60(65)54-50-46-42-38-34-30-27-25-23-21-19-20-22-24-26-28-32-36-40-44-48-52-56-67-61(66)55-51-47-43-39-35-31-18-16-14-12-10-8-6-4-2/h10,12,16,18,49,53,58-59,63-64H,3-9,11,13-15,17,19-48,50-52,54-57H2,1-2H3,(H,62,65)/b12-10-,18-16-,53-49+. The molecule has 67 heavy (non-hydrogen) atoms. The number of carbonyl (C=O) groups is 2. The first kappa shape index (κ1) is 65.1. The lowest BCUT2D eigenvalue weighted by molar-refractivity contribution is -0.143. The molecule has 0 saturated heterocycles. The lowest BCUT2D eigenvalue weighted by Crippen LogP contribution is -2.45. The largest absolute Gasteiger partial charge is 0.466 e. The first-order chi connectivity index (χ1) is 33.0. The van der Waals surface area contributed by atoms with Crippen molar-refractivity contribution in [1.82, 2.24) is 5.32 Å². The molecule has 2 unspecified atom stereocenters. The normalized spacial score (nSPS) is 12.8. The molecule has 0 fully saturated rings. The minimum atomic E-state index is -0.844. The molecular formula is C61H115NO5. The van der Waals surface area contributed by atoms with Gasteiger partial charge in [0, 0.05) is 12.8 Å². The van der Waals surface area contributed by atoms with Crippen LogP contribution in [0.25, 0.3) is 0 Å². The minimum absolute atomic E-state index is 0.00213. The van der Waals surface area contributed by atoms with Gasteiger partial charge in [-0.05, 0) is 57.8 Å². The highest BCUT2D eigenvalue weighted by atomic mass is 16.5. The Morgan fingerprint density at radius 3 is 1.18 bits per heavy atom. The lowest BCUT2D eigenvalue weighted by Gasteiger charge is -2.20. The van der Waals surface area contributed by atoms with Crippen LogP contribution in [0.15, 0.2) is 36.5 Å². The Morgan fingerprint density at radius 1 is 0.418 bits per heavy atom. The zero-order valence-electron chi connectivity index (χ0n) is 44.9. The number of hydrogen-bond acceptors (Lipinski definition) is 5. The monoisotopic (exact) mass is 942 g/mol. The van der Waals surface area contributed by atoms with E-state index in [1.807, 2.05) is 6.08 Å². The van der Waals surface area contributed by atoms with Crippen molar-refractivity contribution in [3.63, 3.8) is 0 Å². The molecule has 6 nitrogen and oxygen atoms in total. The van der Waals surface area contributed by atoms with E-state index in [9.17, 15) is 19.8 Å². The molecule has 0 saturated carbocycles. The predicted octanol–water partition coefficient (Wildman–Crippen LogP) is 18.4. The molecule has 1 amide bonds. The molecule has 0 aromatic carbocycles. The highest BCUT2D eigenvalue weighted by Crippen LogP contribution is 2.17. The number of amides is 1. The van der Waals surface area contributed by atoms with E-state index >= 15 is 0 Å². The van der Waals surface area contributed by atoms with Crippen molar-refractivity contribution >= 4 is 11.9 Å². The second-order valence-electron chi connectivity index (χ2n) is 20.3. The van der Waals surface area contributed by atoms with Gasteiger partial charge in [0.25, 0.3) is 0 Å². The number of aliphatic hydroxyl groups is 2. The van der Waals surface area contributed by atoms with E-state index in [4.69, 9.17) is 4.74 Å². The van der Waals surface area contributed by atoms with Crippen LogP contribution in [0.1, 0.15) is 316 Å². The van der Waals surface area contributed by atoms with E-state index in [-0.39, 0.29) is 18.5 Å². The minimum Gasteiger partial charge on any atom is -0.466 e. The highest BCUT2D eigenvalue weighted by Gasteiger charge is 2.18. The second kappa shape index (κ2) is 56.7. The average Bonchev–Trinajstić information content (AvgIpc) is 3.33. The molecule has 3 N–H and O–H groups in total. The van der Waals surface area contributed by atoms with Gasteiger partial charge in [-0.2, -0.15) is 0 Å². The molecule has 0 bridgehead atoms. The van der Waals surface area contributed by atoms with Crippen molar-refractivity contribution in [2.24, 2.45) is 0 Å². The number of esters is 1. The number of nitrogens with one attached hydrogen (secondary N) is 1. The summed E-state index contributed by atoms with van der Waals surface area (Å²) in [5, 5.41) is 23.1. The molecule has 0 rings (SSSR count). The maximum atomic E-state index is 12.4. The van der Waals surface area contributed by atoms with E-state index in [0.717, 1.165) is 51.4 Å². The van der Waals surface area contributed by atoms with Crippen molar-refractivity contribution in [1.29, 1.82) is 0 Å². The Labute approximate surface area is 417 Å². The summed E-state index contributed by atoms with van der Waals surface area (Å²) in [7, 11) is 0. The number of hydrogen-bond donors (Lipinski definition) is 3. The third-order valence-corrected chi connectivity index (χ3v) is 13.7. The van der Waals surface area contributed by atoms with Crippen LogP contribution < -0.4 is 5.32 Å². The Balaban J connectivity index is 3.40. The maximum absolute atomic E-state index is 12.4. The Kier molecular flexibility index (Phi) is 55.0. The summed E-state index contributed by atoms with van der Waals surface area (Å²) in [6, 6.07) is -0.628. The van der Waals surface area contributed by atoms with Crippen LogP contribution in [0.2, 0.25) is 0 Å². The summed E-state index contributed by atoms with van der Waals surface area (Å²) >= 11 is 0. The van der Waals surface area contributed by atoms with Crippen LogP contribution in [0.3, 0.4) is 0 Å². The Bertz CT molecular complexity index is 1090. The molecule has 394 valence electrons. The molecule has 0 spiro atoms. The Hall–Kier alpha value is -1.92. The molecule has 6 heteroatoms. The van der Waals surface area contributed by atoms with Crippen LogP contribution in [-0.2, 0) is 14.3 Å². The fourth-order valence-electron chi connectivity index (χ4n) is 9.06. The van der Waals surface area contributed by atoms with Crippen molar-refractivity contribution in [3.8, 4) is 0 Å². The van der Waals surface area contributed by atoms with Gasteiger partial charge in [-0.25, -0.2) is 0 Å². The number of unbranched alkanes of at least 4 members (excludes halogenated alkanes) is 40. The summed E-state index contributed by atoms with van der Waals surface area (Å²) in [6.45, 7) is 4.86. The summed E-state index contributed by atoms with van der Waals surface area (Å²) in [4.78, 5) is 24.5. The fraction of sp³-hybridized carbons (Fsp3) is 0.869. The van der Waals surface area contributed by atoms with Gasteiger partial charge in [0.2, 0.25) is 5.91 Å². The van der Waals surface area contributed by atoms with Gasteiger partial charge in [-0.3, -0.25) is 9.59 Å². The first-order valence-electron chi connectivity index (χ1n) is 29.8. The number of carbonyl (C=O) groups excluding carboxylic acids is 2. The van der Waals surface area contributed by atoms with Gasteiger partial charge in [-0.1, -0.05) is 281 Å². The van der Waals surface area contributed by atoms with E-state index in [2.05, 4.69) is 43.5 Å². The van der Waals surface area contributed by atoms with Gasteiger partial charge in [0.05, 0.1) is 25.4 Å². The summed E-state index contributed by atoms with van der Waals surface area (Å²) in [5.41, 5.74) is 0. The van der Waals surface area contributed by atoms with Crippen LogP contribution in [0.4, 0.5) is 0 Å². The highest BCUT2D eigenvalue weighted by molar-refractivity contribution is 5.76. The number of ether oxygens (including phenoxy) is 1. The molecule has 0 radical (unpaired) electrons. The zero-order chi connectivity index (χ0) is 48.6. The van der Waals surface area contributed by atoms with E-state index in [0.29, 0.717) is 19.4 Å². The van der Waals surface area contributed by atoms with Crippen molar-refractivity contribution in [3.05, 3.63) is 36.5 Å². The second-order valence-corrected chi connectivity index (χ2v) is 20.3. The van der Waals surface area contributed by atoms with Crippen molar-refractivity contribution < 1.29 is 24.5 Å². The van der Waals surface area contributed by atoms with Crippen LogP contribution >= 0.6 is 0 Å². The summed E-state index contributed by atoms with van der Waals surface area (Å²) < 4.78 is 5.47. The van der Waals surface area contributed by atoms with Crippen molar-refractivity contribution in [2.75, 3.05) is 13.2 Å². The average molecular weight is 943 g/mol. The van der Waals surface area contributed by atoms with E-state index in [1.165, 1.54) is 238 Å². The van der Waals surface area contributed by atoms with E-state index in [1.54, 1.807) is 6.08 Å².